The number of methoxy groups -OCH3 is 1. The molecule has 0 bridgehead atoms. The minimum Gasteiger partial charge on any atom is -0.388 e. The van der Waals surface area contributed by atoms with Gasteiger partial charge in [-0.05, 0) is 19.8 Å². The third-order valence-electron chi connectivity index (χ3n) is 1.79. The lowest BCUT2D eigenvalue weighted by atomic mass is 9.90. The lowest BCUT2D eigenvalue weighted by Gasteiger charge is -2.31. The maximum absolute atomic E-state index is 5.40. The standard InChI is InChI=1S/C7H14N2O/c1-5(8)9-6-3-7(4-6)10-2/h6-7H,3-4H2,1-2H3,(H2,8,9). The van der Waals surface area contributed by atoms with Gasteiger partial charge >= 0.3 is 0 Å². The van der Waals surface area contributed by atoms with Crippen LogP contribution in [0.25, 0.3) is 0 Å². The van der Waals surface area contributed by atoms with Gasteiger partial charge in [-0.1, -0.05) is 0 Å². The monoisotopic (exact) mass is 142 g/mol. The molecule has 1 saturated carbocycles. The Morgan fingerprint density at radius 3 is 2.60 bits per heavy atom. The maximum Gasteiger partial charge on any atom is 0.0909 e. The summed E-state index contributed by atoms with van der Waals surface area (Å²) in [5.41, 5.74) is 5.40. The summed E-state index contributed by atoms with van der Waals surface area (Å²) in [6, 6.07) is 0.426. The molecule has 3 heteroatoms. The van der Waals surface area contributed by atoms with E-state index in [1.54, 1.807) is 7.11 Å². The SMILES string of the molecule is COC1CC(N=C(C)N)C1. The zero-order valence-electron chi connectivity index (χ0n) is 6.50. The predicted molar refractivity (Wildman–Crippen MR) is 41.1 cm³/mol. The van der Waals surface area contributed by atoms with Gasteiger partial charge in [0.25, 0.3) is 0 Å². The Bertz CT molecular complexity index is 135. The van der Waals surface area contributed by atoms with Crippen molar-refractivity contribution in [2.45, 2.75) is 31.9 Å². The van der Waals surface area contributed by atoms with Gasteiger partial charge in [0.1, 0.15) is 0 Å². The summed E-state index contributed by atoms with van der Waals surface area (Å²) in [4.78, 5) is 4.20. The molecule has 2 N–H and O–H groups in total. The molecule has 0 radical (unpaired) electrons. The van der Waals surface area contributed by atoms with E-state index >= 15 is 0 Å². The van der Waals surface area contributed by atoms with Crippen molar-refractivity contribution < 1.29 is 4.74 Å². The first-order chi connectivity index (χ1) is 4.72. The van der Waals surface area contributed by atoms with Gasteiger partial charge in [-0.25, -0.2) is 0 Å². The molecule has 0 saturated heterocycles. The Kier molecular flexibility index (Phi) is 2.27. The summed E-state index contributed by atoms with van der Waals surface area (Å²) in [6.07, 6.45) is 2.49. The molecule has 0 unspecified atom stereocenters. The average molecular weight is 142 g/mol. The molecular formula is C7H14N2O. The van der Waals surface area contributed by atoms with E-state index in [0.29, 0.717) is 18.0 Å². The molecule has 0 aliphatic heterocycles. The van der Waals surface area contributed by atoms with Crippen LogP contribution in [-0.2, 0) is 4.74 Å². The number of ether oxygens (including phenoxy) is 1. The highest BCUT2D eigenvalue weighted by Gasteiger charge is 2.28. The summed E-state index contributed by atoms with van der Waals surface area (Å²) >= 11 is 0. The largest absolute Gasteiger partial charge is 0.388 e. The number of aliphatic imine (C=N–C) groups is 1. The van der Waals surface area contributed by atoms with Crippen LogP contribution in [-0.4, -0.2) is 25.1 Å². The molecule has 0 heterocycles. The van der Waals surface area contributed by atoms with Crippen LogP contribution in [0.2, 0.25) is 0 Å². The van der Waals surface area contributed by atoms with Gasteiger partial charge in [0, 0.05) is 7.11 Å². The van der Waals surface area contributed by atoms with Crippen molar-refractivity contribution in [3.05, 3.63) is 0 Å². The lowest BCUT2D eigenvalue weighted by Crippen LogP contribution is -2.34. The predicted octanol–water partition coefficient (Wildman–Crippen LogP) is 0.541. The summed E-state index contributed by atoms with van der Waals surface area (Å²) in [6.45, 7) is 1.82. The topological polar surface area (TPSA) is 47.6 Å². The highest BCUT2D eigenvalue weighted by molar-refractivity contribution is 5.77. The average Bonchev–Trinajstić information content (AvgIpc) is 1.76. The second-order valence-corrected chi connectivity index (χ2v) is 2.75. The Balaban J connectivity index is 2.20. The number of nitrogens with zero attached hydrogens (tertiary/aromatic N) is 1. The second-order valence-electron chi connectivity index (χ2n) is 2.75. The number of hydrogen-bond acceptors (Lipinski definition) is 2. The van der Waals surface area contributed by atoms with Crippen molar-refractivity contribution in [1.82, 2.24) is 0 Å². The first-order valence-electron chi connectivity index (χ1n) is 3.55. The zero-order valence-corrected chi connectivity index (χ0v) is 6.50. The van der Waals surface area contributed by atoms with Crippen molar-refractivity contribution in [3.8, 4) is 0 Å². The molecule has 0 aromatic carbocycles. The van der Waals surface area contributed by atoms with E-state index in [4.69, 9.17) is 10.5 Å². The van der Waals surface area contributed by atoms with E-state index in [0.717, 1.165) is 12.8 Å². The van der Waals surface area contributed by atoms with Gasteiger partial charge in [0.2, 0.25) is 0 Å². The molecule has 58 valence electrons. The van der Waals surface area contributed by atoms with Gasteiger partial charge < -0.3 is 10.5 Å². The molecule has 0 atom stereocenters. The Hall–Kier alpha value is -0.570. The van der Waals surface area contributed by atoms with E-state index in [1.807, 2.05) is 6.92 Å². The van der Waals surface area contributed by atoms with Crippen LogP contribution in [0.4, 0.5) is 0 Å². The van der Waals surface area contributed by atoms with Crippen LogP contribution >= 0.6 is 0 Å². The molecule has 1 fully saturated rings. The molecule has 0 spiro atoms. The summed E-state index contributed by atoms with van der Waals surface area (Å²) in [5.74, 6) is 0.680. The Morgan fingerprint density at radius 1 is 1.60 bits per heavy atom. The maximum atomic E-state index is 5.40. The fourth-order valence-corrected chi connectivity index (χ4v) is 1.12. The normalized spacial score (nSPS) is 33.6. The Labute approximate surface area is 61.3 Å². The molecular weight excluding hydrogens is 128 g/mol. The van der Waals surface area contributed by atoms with Crippen LogP contribution < -0.4 is 5.73 Å². The molecule has 1 aliphatic carbocycles. The molecule has 0 aromatic heterocycles. The molecule has 0 aromatic rings. The van der Waals surface area contributed by atoms with Gasteiger partial charge in [-0.15, -0.1) is 0 Å². The van der Waals surface area contributed by atoms with Gasteiger partial charge in [0.15, 0.2) is 0 Å². The second kappa shape index (κ2) is 3.01. The van der Waals surface area contributed by atoms with Gasteiger partial charge in [0.05, 0.1) is 18.0 Å². The van der Waals surface area contributed by atoms with Crippen LogP contribution in [0.3, 0.4) is 0 Å². The first-order valence-corrected chi connectivity index (χ1v) is 3.55. The number of nitrogens with two attached hydrogens (primary N) is 1. The van der Waals surface area contributed by atoms with E-state index < -0.39 is 0 Å². The molecule has 3 nitrogen and oxygen atoms in total. The minimum absolute atomic E-state index is 0.424. The molecule has 1 rings (SSSR count). The van der Waals surface area contributed by atoms with Gasteiger partial charge in [-0.3, -0.25) is 4.99 Å². The summed E-state index contributed by atoms with van der Waals surface area (Å²) < 4.78 is 5.09. The molecule has 1 aliphatic rings. The van der Waals surface area contributed by atoms with Crippen LogP contribution in [0.1, 0.15) is 19.8 Å². The number of rotatable bonds is 2. The van der Waals surface area contributed by atoms with Crippen molar-refractivity contribution in [1.29, 1.82) is 0 Å². The van der Waals surface area contributed by atoms with Crippen molar-refractivity contribution in [2.24, 2.45) is 10.7 Å². The van der Waals surface area contributed by atoms with Crippen molar-refractivity contribution in [2.75, 3.05) is 7.11 Å². The Morgan fingerprint density at radius 2 is 2.20 bits per heavy atom. The third-order valence-corrected chi connectivity index (χ3v) is 1.79. The number of amidine groups is 1. The highest BCUT2D eigenvalue weighted by Crippen LogP contribution is 2.25. The first kappa shape index (κ1) is 7.54. The van der Waals surface area contributed by atoms with Crippen LogP contribution in [0.15, 0.2) is 4.99 Å². The zero-order chi connectivity index (χ0) is 7.56. The van der Waals surface area contributed by atoms with Gasteiger partial charge in [-0.2, -0.15) is 0 Å². The third kappa shape index (κ3) is 1.70. The smallest absolute Gasteiger partial charge is 0.0909 e. The quantitative estimate of drug-likeness (QED) is 0.452. The summed E-state index contributed by atoms with van der Waals surface area (Å²) in [5, 5.41) is 0. The van der Waals surface area contributed by atoms with Crippen molar-refractivity contribution in [3.63, 3.8) is 0 Å². The fraction of sp³-hybridized carbons (Fsp3) is 0.857. The lowest BCUT2D eigenvalue weighted by molar-refractivity contribution is 0.0285. The van der Waals surface area contributed by atoms with Crippen LogP contribution in [0.5, 0.6) is 0 Å². The van der Waals surface area contributed by atoms with E-state index in [9.17, 15) is 0 Å². The van der Waals surface area contributed by atoms with E-state index in [1.165, 1.54) is 0 Å². The number of hydrogen-bond donors (Lipinski definition) is 1. The molecule has 10 heavy (non-hydrogen) atoms. The molecule has 0 amide bonds. The van der Waals surface area contributed by atoms with Crippen molar-refractivity contribution >= 4 is 5.84 Å². The highest BCUT2D eigenvalue weighted by atomic mass is 16.5. The summed E-state index contributed by atoms with van der Waals surface area (Å²) in [7, 11) is 1.74. The van der Waals surface area contributed by atoms with E-state index in [2.05, 4.69) is 4.99 Å². The van der Waals surface area contributed by atoms with Crippen LogP contribution in [0, 0.1) is 0 Å². The van der Waals surface area contributed by atoms with E-state index in [-0.39, 0.29) is 0 Å². The minimum atomic E-state index is 0.424. The fourth-order valence-electron chi connectivity index (χ4n) is 1.12.